The fourth-order valence-electron chi connectivity index (χ4n) is 1.22. The van der Waals surface area contributed by atoms with Crippen LogP contribution >= 0.6 is 0 Å². The van der Waals surface area contributed by atoms with Crippen molar-refractivity contribution in [3.63, 3.8) is 0 Å². The van der Waals surface area contributed by atoms with E-state index in [0.29, 0.717) is 19.7 Å². The van der Waals surface area contributed by atoms with Crippen LogP contribution in [0.25, 0.3) is 0 Å². The molecule has 2 N–H and O–H groups in total. The number of esters is 1. The minimum Gasteiger partial charge on any atom is -0.475 e. The number of hydrogen-bond donors (Lipinski definition) is 2. The number of ether oxygens (including phenoxy) is 2. The average molecular weight is 273 g/mol. The second-order valence-electron chi connectivity index (χ2n) is 3.61. The number of rotatable bonds is 3. The van der Waals surface area contributed by atoms with Crippen LogP contribution < -0.4 is 5.32 Å². The van der Waals surface area contributed by atoms with Gasteiger partial charge in [-0.2, -0.15) is 13.2 Å². The van der Waals surface area contributed by atoms with Gasteiger partial charge in [0.15, 0.2) is 0 Å². The zero-order valence-corrected chi connectivity index (χ0v) is 9.84. The molecule has 0 unspecified atom stereocenters. The number of methoxy groups -OCH3 is 2. The van der Waals surface area contributed by atoms with Gasteiger partial charge in [0.1, 0.15) is 5.41 Å². The molecule has 1 saturated heterocycles. The maximum atomic E-state index is 11.2. The highest BCUT2D eigenvalue weighted by Gasteiger charge is 2.45. The third-order valence-corrected chi connectivity index (χ3v) is 2.21. The molecule has 0 bridgehead atoms. The Labute approximate surface area is 101 Å². The summed E-state index contributed by atoms with van der Waals surface area (Å²) in [5.74, 6) is -2.94. The largest absolute Gasteiger partial charge is 0.490 e. The van der Waals surface area contributed by atoms with Gasteiger partial charge in [0, 0.05) is 20.2 Å². The molecule has 0 aromatic carbocycles. The monoisotopic (exact) mass is 273 g/mol. The highest BCUT2D eigenvalue weighted by molar-refractivity contribution is 5.78. The van der Waals surface area contributed by atoms with Gasteiger partial charge in [-0.25, -0.2) is 4.79 Å². The van der Waals surface area contributed by atoms with E-state index in [1.165, 1.54) is 7.11 Å². The molecule has 0 aromatic heterocycles. The Bertz CT molecular complexity index is 301. The van der Waals surface area contributed by atoms with Crippen LogP contribution in [0.1, 0.15) is 0 Å². The zero-order valence-electron chi connectivity index (χ0n) is 9.84. The molecule has 0 atom stereocenters. The summed E-state index contributed by atoms with van der Waals surface area (Å²) in [5, 5.41) is 10.1. The van der Waals surface area contributed by atoms with Crippen LogP contribution in [0.4, 0.5) is 13.2 Å². The standard InChI is InChI=1S/C7H13NO3.C2HF3O2/c1-10-5-7(3-8-4-7)6(9)11-2;3-2(4,5)1(6)7/h8H,3-5H2,1-2H3;(H,6,7). The van der Waals surface area contributed by atoms with Gasteiger partial charge in [-0.3, -0.25) is 4.79 Å². The molecule has 1 heterocycles. The summed E-state index contributed by atoms with van der Waals surface area (Å²) in [5.41, 5.74) is -0.413. The van der Waals surface area contributed by atoms with E-state index in [1.807, 2.05) is 0 Å². The van der Waals surface area contributed by atoms with Gasteiger partial charge >= 0.3 is 18.1 Å². The Morgan fingerprint density at radius 2 is 1.78 bits per heavy atom. The van der Waals surface area contributed by atoms with E-state index < -0.39 is 17.6 Å². The SMILES string of the molecule is COCC1(C(=O)OC)CNC1.O=C(O)C(F)(F)F. The van der Waals surface area contributed by atoms with Crippen molar-refractivity contribution in [2.75, 3.05) is 33.9 Å². The van der Waals surface area contributed by atoms with Gasteiger partial charge in [0.25, 0.3) is 0 Å². The van der Waals surface area contributed by atoms with Crippen LogP contribution in [-0.2, 0) is 19.1 Å². The number of carboxylic acids is 1. The van der Waals surface area contributed by atoms with Gasteiger partial charge in [0.05, 0.1) is 13.7 Å². The van der Waals surface area contributed by atoms with Crippen LogP contribution in [0.15, 0.2) is 0 Å². The van der Waals surface area contributed by atoms with E-state index in [1.54, 1.807) is 7.11 Å². The third kappa shape index (κ3) is 4.49. The van der Waals surface area contributed by atoms with Crippen LogP contribution in [0.2, 0.25) is 0 Å². The number of hydrogen-bond acceptors (Lipinski definition) is 5. The first-order chi connectivity index (χ1) is 8.19. The summed E-state index contributed by atoms with van der Waals surface area (Å²) in [6.45, 7) is 1.76. The molecular weight excluding hydrogens is 259 g/mol. The van der Waals surface area contributed by atoms with Gasteiger partial charge < -0.3 is 19.9 Å². The summed E-state index contributed by atoms with van der Waals surface area (Å²) in [6.07, 6.45) is -5.08. The highest BCUT2D eigenvalue weighted by Crippen LogP contribution is 2.24. The van der Waals surface area contributed by atoms with Crippen molar-refractivity contribution < 1.29 is 37.3 Å². The van der Waals surface area contributed by atoms with Gasteiger partial charge in [-0.15, -0.1) is 0 Å². The fraction of sp³-hybridized carbons (Fsp3) is 0.778. The molecular formula is C9H14F3NO5. The lowest BCUT2D eigenvalue weighted by atomic mass is 9.83. The predicted octanol–water partition coefficient (Wildman–Crippen LogP) is 0.0287. The molecule has 6 nitrogen and oxygen atoms in total. The van der Waals surface area contributed by atoms with Crippen LogP contribution in [0.3, 0.4) is 0 Å². The van der Waals surface area contributed by atoms with Gasteiger partial charge in [0.2, 0.25) is 0 Å². The number of carbonyl (C=O) groups is 2. The Hall–Kier alpha value is -1.35. The first-order valence-corrected chi connectivity index (χ1v) is 4.78. The van der Waals surface area contributed by atoms with E-state index in [0.717, 1.165) is 0 Å². The molecule has 1 rings (SSSR count). The van der Waals surface area contributed by atoms with Crippen LogP contribution in [-0.4, -0.2) is 57.1 Å². The van der Waals surface area contributed by atoms with Crippen LogP contribution in [0, 0.1) is 5.41 Å². The van der Waals surface area contributed by atoms with E-state index in [9.17, 15) is 18.0 Å². The average Bonchev–Trinajstić information content (AvgIpc) is 2.22. The summed E-state index contributed by atoms with van der Waals surface area (Å²) in [6, 6.07) is 0. The number of nitrogens with one attached hydrogen (secondary N) is 1. The second-order valence-corrected chi connectivity index (χ2v) is 3.61. The zero-order chi connectivity index (χ0) is 14.4. The lowest BCUT2D eigenvalue weighted by Crippen LogP contribution is -2.60. The molecule has 1 aliphatic rings. The number of alkyl halides is 3. The van der Waals surface area contributed by atoms with Crippen molar-refractivity contribution in [1.29, 1.82) is 0 Å². The van der Waals surface area contributed by atoms with Crippen LogP contribution in [0.5, 0.6) is 0 Å². The first-order valence-electron chi connectivity index (χ1n) is 4.78. The minimum absolute atomic E-state index is 0.182. The molecule has 1 fully saturated rings. The number of carbonyl (C=O) groups excluding carboxylic acids is 1. The molecule has 0 radical (unpaired) electrons. The highest BCUT2D eigenvalue weighted by atomic mass is 19.4. The molecule has 0 aromatic rings. The minimum atomic E-state index is -5.08. The summed E-state index contributed by atoms with van der Waals surface area (Å²) in [4.78, 5) is 20.1. The van der Waals surface area contributed by atoms with Gasteiger partial charge in [-0.1, -0.05) is 0 Å². The Kier molecular flexibility index (Phi) is 6.06. The molecule has 9 heteroatoms. The lowest BCUT2D eigenvalue weighted by Gasteiger charge is -2.38. The van der Waals surface area contributed by atoms with Crippen molar-refractivity contribution in [2.24, 2.45) is 5.41 Å². The van der Waals surface area contributed by atoms with E-state index in [2.05, 4.69) is 10.1 Å². The van der Waals surface area contributed by atoms with Crippen molar-refractivity contribution in [2.45, 2.75) is 6.18 Å². The molecule has 0 spiro atoms. The first kappa shape index (κ1) is 16.6. The van der Waals surface area contributed by atoms with Crippen molar-refractivity contribution in [1.82, 2.24) is 5.32 Å². The molecule has 0 amide bonds. The Morgan fingerprint density at radius 1 is 1.33 bits per heavy atom. The van der Waals surface area contributed by atoms with E-state index in [-0.39, 0.29) is 5.97 Å². The molecule has 0 aliphatic carbocycles. The topological polar surface area (TPSA) is 84.9 Å². The van der Waals surface area contributed by atoms with Crippen molar-refractivity contribution in [3.05, 3.63) is 0 Å². The Morgan fingerprint density at radius 3 is 1.94 bits per heavy atom. The molecule has 106 valence electrons. The fourth-order valence-corrected chi connectivity index (χ4v) is 1.22. The number of carboxylic acid groups (broad SMARTS) is 1. The second kappa shape index (κ2) is 6.55. The summed E-state index contributed by atoms with van der Waals surface area (Å²) < 4.78 is 41.3. The molecule has 0 saturated carbocycles. The normalized spacial score (nSPS) is 16.9. The quantitative estimate of drug-likeness (QED) is 0.706. The molecule has 18 heavy (non-hydrogen) atoms. The maximum absolute atomic E-state index is 11.2. The maximum Gasteiger partial charge on any atom is 0.490 e. The van der Waals surface area contributed by atoms with Crippen molar-refractivity contribution in [3.8, 4) is 0 Å². The number of halogens is 3. The smallest absolute Gasteiger partial charge is 0.475 e. The van der Waals surface area contributed by atoms with Gasteiger partial charge in [-0.05, 0) is 0 Å². The number of aliphatic carboxylic acids is 1. The molecule has 1 aliphatic heterocycles. The summed E-state index contributed by atoms with van der Waals surface area (Å²) in [7, 11) is 2.99. The van der Waals surface area contributed by atoms with E-state index >= 15 is 0 Å². The van der Waals surface area contributed by atoms with Crippen molar-refractivity contribution >= 4 is 11.9 Å². The van der Waals surface area contributed by atoms with E-state index in [4.69, 9.17) is 14.6 Å². The third-order valence-electron chi connectivity index (χ3n) is 2.21. The predicted molar refractivity (Wildman–Crippen MR) is 52.9 cm³/mol. The lowest BCUT2D eigenvalue weighted by molar-refractivity contribution is -0.192. The summed E-state index contributed by atoms with van der Waals surface area (Å²) >= 11 is 0. The Balaban J connectivity index is 0.000000360.